The average molecular weight is 323 g/mol. The number of ketones is 1. The number of ether oxygens (including phenoxy) is 1. The first kappa shape index (κ1) is 16.6. The van der Waals surface area contributed by atoms with E-state index in [9.17, 15) is 4.79 Å². The van der Waals surface area contributed by atoms with Crippen LogP contribution in [0.1, 0.15) is 41.3 Å². The van der Waals surface area contributed by atoms with Crippen molar-refractivity contribution >= 4 is 11.5 Å². The quantitative estimate of drug-likeness (QED) is 0.737. The molecular weight excluding hydrogens is 298 g/mol. The van der Waals surface area contributed by atoms with Crippen molar-refractivity contribution in [2.45, 2.75) is 33.1 Å². The first-order valence-corrected chi connectivity index (χ1v) is 8.78. The van der Waals surface area contributed by atoms with E-state index >= 15 is 0 Å². The fourth-order valence-electron chi connectivity index (χ4n) is 3.24. The minimum atomic E-state index is 0.164. The van der Waals surface area contributed by atoms with Crippen LogP contribution < -0.4 is 9.64 Å². The SMILES string of the molecule is CCCOc1ccc(C(=O)CN2CCCc3ccccc32)cc1C. The van der Waals surface area contributed by atoms with E-state index in [4.69, 9.17) is 4.74 Å². The second kappa shape index (κ2) is 7.52. The minimum Gasteiger partial charge on any atom is -0.493 e. The number of aryl methyl sites for hydroxylation is 2. The summed E-state index contributed by atoms with van der Waals surface area (Å²) < 4.78 is 5.70. The fourth-order valence-corrected chi connectivity index (χ4v) is 3.24. The predicted octanol–water partition coefficient (Wildman–Crippen LogP) is 4.42. The monoisotopic (exact) mass is 323 g/mol. The molecule has 0 saturated carbocycles. The lowest BCUT2D eigenvalue weighted by Crippen LogP contribution is -2.34. The lowest BCUT2D eigenvalue weighted by molar-refractivity contribution is 0.0998. The first-order chi connectivity index (χ1) is 11.7. The number of Topliss-reactive ketones (excluding diaryl/α,β-unsaturated/α-hetero) is 1. The van der Waals surface area contributed by atoms with Crippen LogP contribution in [-0.2, 0) is 6.42 Å². The number of para-hydroxylation sites is 1. The molecule has 0 fully saturated rings. The van der Waals surface area contributed by atoms with Crippen LogP contribution in [-0.4, -0.2) is 25.5 Å². The van der Waals surface area contributed by atoms with Gasteiger partial charge in [-0.3, -0.25) is 4.79 Å². The third-order valence-electron chi connectivity index (χ3n) is 4.50. The van der Waals surface area contributed by atoms with E-state index in [1.54, 1.807) is 0 Å². The molecule has 0 amide bonds. The Labute approximate surface area is 144 Å². The first-order valence-electron chi connectivity index (χ1n) is 8.78. The number of nitrogens with zero attached hydrogens (tertiary/aromatic N) is 1. The highest BCUT2D eigenvalue weighted by atomic mass is 16.5. The lowest BCUT2D eigenvalue weighted by atomic mass is 10.0. The van der Waals surface area contributed by atoms with Crippen molar-refractivity contribution in [1.29, 1.82) is 0 Å². The Morgan fingerprint density at radius 3 is 2.83 bits per heavy atom. The van der Waals surface area contributed by atoms with Gasteiger partial charge in [-0.25, -0.2) is 0 Å². The van der Waals surface area contributed by atoms with Crippen LogP contribution in [0.2, 0.25) is 0 Å². The van der Waals surface area contributed by atoms with Crippen molar-refractivity contribution in [3.8, 4) is 5.75 Å². The topological polar surface area (TPSA) is 29.5 Å². The Bertz CT molecular complexity index is 724. The molecule has 0 unspecified atom stereocenters. The van der Waals surface area contributed by atoms with Crippen LogP contribution in [0.15, 0.2) is 42.5 Å². The number of carbonyl (C=O) groups is 1. The largest absolute Gasteiger partial charge is 0.493 e. The predicted molar refractivity (Wildman–Crippen MR) is 98.3 cm³/mol. The molecule has 0 spiro atoms. The van der Waals surface area contributed by atoms with Gasteiger partial charge >= 0.3 is 0 Å². The molecular formula is C21H25NO2. The van der Waals surface area contributed by atoms with Gasteiger partial charge in [-0.1, -0.05) is 25.1 Å². The van der Waals surface area contributed by atoms with Crippen LogP contribution in [0.5, 0.6) is 5.75 Å². The zero-order valence-electron chi connectivity index (χ0n) is 14.5. The number of hydrogen-bond donors (Lipinski definition) is 0. The fraction of sp³-hybridized carbons (Fsp3) is 0.381. The summed E-state index contributed by atoms with van der Waals surface area (Å²) in [4.78, 5) is 14.9. The molecule has 3 heteroatoms. The van der Waals surface area contributed by atoms with E-state index in [-0.39, 0.29) is 5.78 Å². The van der Waals surface area contributed by atoms with Gasteiger partial charge in [0.25, 0.3) is 0 Å². The molecule has 24 heavy (non-hydrogen) atoms. The Morgan fingerprint density at radius 1 is 1.21 bits per heavy atom. The molecule has 1 aliphatic heterocycles. The third-order valence-corrected chi connectivity index (χ3v) is 4.50. The molecule has 3 nitrogen and oxygen atoms in total. The average Bonchev–Trinajstić information content (AvgIpc) is 2.61. The maximum atomic E-state index is 12.7. The van der Waals surface area contributed by atoms with Crippen LogP contribution in [0.3, 0.4) is 0 Å². The van der Waals surface area contributed by atoms with Crippen LogP contribution in [0.4, 0.5) is 5.69 Å². The normalized spacial score (nSPS) is 13.5. The summed E-state index contributed by atoms with van der Waals surface area (Å²) in [5, 5.41) is 0. The molecule has 0 N–H and O–H groups in total. The van der Waals surface area contributed by atoms with Crippen molar-refractivity contribution < 1.29 is 9.53 Å². The van der Waals surface area contributed by atoms with Gasteiger partial charge in [0.2, 0.25) is 0 Å². The summed E-state index contributed by atoms with van der Waals surface area (Å²) >= 11 is 0. The zero-order chi connectivity index (χ0) is 16.9. The van der Waals surface area contributed by atoms with E-state index in [1.807, 2.05) is 31.2 Å². The maximum absolute atomic E-state index is 12.7. The van der Waals surface area contributed by atoms with E-state index in [2.05, 4.69) is 30.0 Å². The number of rotatable bonds is 6. The molecule has 3 rings (SSSR count). The number of hydrogen-bond acceptors (Lipinski definition) is 3. The van der Waals surface area contributed by atoms with Crippen molar-refractivity contribution in [3.05, 3.63) is 59.2 Å². The van der Waals surface area contributed by atoms with Crippen LogP contribution >= 0.6 is 0 Å². The third kappa shape index (κ3) is 3.61. The highest BCUT2D eigenvalue weighted by Crippen LogP contribution is 2.27. The van der Waals surface area contributed by atoms with Gasteiger partial charge < -0.3 is 9.64 Å². The summed E-state index contributed by atoms with van der Waals surface area (Å²) in [6, 6.07) is 14.2. The lowest BCUT2D eigenvalue weighted by Gasteiger charge is -2.30. The number of anilines is 1. The van der Waals surface area contributed by atoms with Gasteiger partial charge in [0.15, 0.2) is 5.78 Å². The van der Waals surface area contributed by atoms with Gasteiger partial charge in [0.05, 0.1) is 13.2 Å². The molecule has 1 heterocycles. The van der Waals surface area contributed by atoms with E-state index in [0.717, 1.165) is 42.7 Å². The Hall–Kier alpha value is -2.29. The molecule has 2 aromatic carbocycles. The second-order valence-electron chi connectivity index (χ2n) is 6.41. The standard InChI is InChI=1S/C21H25NO2/c1-3-13-24-21-11-10-18(14-16(21)2)20(23)15-22-12-6-8-17-7-4-5-9-19(17)22/h4-5,7,9-11,14H,3,6,8,12-13,15H2,1-2H3. The number of carbonyl (C=O) groups excluding carboxylic acids is 1. The van der Waals surface area contributed by atoms with Gasteiger partial charge in [0, 0.05) is 17.8 Å². The van der Waals surface area contributed by atoms with Gasteiger partial charge in [-0.2, -0.15) is 0 Å². The summed E-state index contributed by atoms with van der Waals surface area (Å²) in [5.41, 5.74) is 4.33. The summed E-state index contributed by atoms with van der Waals surface area (Å²) in [5.74, 6) is 1.04. The smallest absolute Gasteiger partial charge is 0.182 e. The molecule has 0 saturated heterocycles. The summed E-state index contributed by atoms with van der Waals surface area (Å²) in [7, 11) is 0. The Morgan fingerprint density at radius 2 is 2.04 bits per heavy atom. The molecule has 0 aliphatic carbocycles. The number of benzene rings is 2. The summed E-state index contributed by atoms with van der Waals surface area (Å²) in [6.07, 6.45) is 3.19. The van der Waals surface area contributed by atoms with Crippen molar-refractivity contribution in [2.24, 2.45) is 0 Å². The second-order valence-corrected chi connectivity index (χ2v) is 6.41. The molecule has 0 atom stereocenters. The molecule has 1 aliphatic rings. The Kier molecular flexibility index (Phi) is 5.19. The number of fused-ring (bicyclic) bond motifs is 1. The highest BCUT2D eigenvalue weighted by molar-refractivity contribution is 5.99. The molecule has 0 radical (unpaired) electrons. The van der Waals surface area contributed by atoms with E-state index < -0.39 is 0 Å². The molecule has 2 aromatic rings. The van der Waals surface area contributed by atoms with Crippen LogP contribution in [0.25, 0.3) is 0 Å². The van der Waals surface area contributed by atoms with E-state index in [0.29, 0.717) is 13.2 Å². The summed E-state index contributed by atoms with van der Waals surface area (Å²) in [6.45, 7) is 6.17. The molecule has 0 aromatic heterocycles. The minimum absolute atomic E-state index is 0.164. The van der Waals surface area contributed by atoms with Gasteiger partial charge in [-0.15, -0.1) is 0 Å². The molecule has 126 valence electrons. The van der Waals surface area contributed by atoms with E-state index in [1.165, 1.54) is 11.3 Å². The van der Waals surface area contributed by atoms with Crippen molar-refractivity contribution in [1.82, 2.24) is 0 Å². The van der Waals surface area contributed by atoms with Gasteiger partial charge in [-0.05, 0) is 61.6 Å². The molecule has 0 bridgehead atoms. The Balaban J connectivity index is 1.73. The highest BCUT2D eigenvalue weighted by Gasteiger charge is 2.19. The van der Waals surface area contributed by atoms with Gasteiger partial charge in [0.1, 0.15) is 5.75 Å². The van der Waals surface area contributed by atoms with Crippen molar-refractivity contribution in [2.75, 3.05) is 24.6 Å². The zero-order valence-corrected chi connectivity index (χ0v) is 14.5. The van der Waals surface area contributed by atoms with Crippen LogP contribution in [0, 0.1) is 6.92 Å². The maximum Gasteiger partial charge on any atom is 0.182 e. The van der Waals surface area contributed by atoms with Crippen molar-refractivity contribution in [3.63, 3.8) is 0 Å².